The molecule has 0 aliphatic carbocycles. The minimum Gasteiger partial charge on any atom is -0.478 e. The fraction of sp³-hybridized carbons (Fsp3) is 0. The van der Waals surface area contributed by atoms with Crippen LogP contribution in [0.2, 0.25) is 0 Å². The Kier molecular flexibility index (Phi) is 2.87. The van der Waals surface area contributed by atoms with Gasteiger partial charge in [-0.1, -0.05) is 12.1 Å². The van der Waals surface area contributed by atoms with Crippen LogP contribution in [0.4, 0.5) is 0 Å². The van der Waals surface area contributed by atoms with Gasteiger partial charge in [0, 0.05) is 6.08 Å². The number of aromatic amines is 1. The van der Waals surface area contributed by atoms with E-state index in [4.69, 9.17) is 5.11 Å². The molecule has 2 rings (SSSR count). The van der Waals surface area contributed by atoms with Crippen molar-refractivity contribution in [2.45, 2.75) is 0 Å². The lowest BCUT2D eigenvalue weighted by atomic mass is 10.2. The highest BCUT2D eigenvalue weighted by molar-refractivity contribution is 5.85. The van der Waals surface area contributed by atoms with Crippen LogP contribution in [0.25, 0.3) is 11.8 Å². The Balaban J connectivity index is 2.39. The first kappa shape index (κ1) is 10.9. The minimum atomic E-state index is -1.02. The fourth-order valence-electron chi connectivity index (χ4n) is 1.38. The van der Waals surface area contributed by atoms with E-state index in [1.165, 1.54) is 17.0 Å². The molecular weight excluding hydrogens is 222 g/mol. The zero-order valence-electron chi connectivity index (χ0n) is 8.70. The molecule has 6 heteroatoms. The van der Waals surface area contributed by atoms with E-state index in [1.54, 1.807) is 24.3 Å². The molecule has 0 saturated heterocycles. The summed E-state index contributed by atoms with van der Waals surface area (Å²) in [5, 5.41) is 14.4. The summed E-state index contributed by atoms with van der Waals surface area (Å²) in [5.74, 6) is -1.02. The molecule has 0 radical (unpaired) electrons. The second kappa shape index (κ2) is 4.48. The highest BCUT2D eigenvalue weighted by Crippen LogP contribution is 2.09. The van der Waals surface area contributed by atoms with Crippen LogP contribution in [0.5, 0.6) is 0 Å². The highest BCUT2D eigenvalue weighted by atomic mass is 16.4. The Labute approximate surface area is 95.8 Å². The fourth-order valence-corrected chi connectivity index (χ4v) is 1.38. The number of carbonyl (C=O) groups is 1. The number of nitrogens with one attached hydrogen (secondary N) is 1. The van der Waals surface area contributed by atoms with Crippen molar-refractivity contribution < 1.29 is 9.90 Å². The molecule has 0 aliphatic rings. The van der Waals surface area contributed by atoms with Gasteiger partial charge in [-0.3, -0.25) is 0 Å². The molecule has 0 aliphatic heterocycles. The van der Waals surface area contributed by atoms with Gasteiger partial charge in [0.25, 0.3) is 0 Å². The number of carboxylic acids is 1. The Morgan fingerprint density at radius 2 is 2.29 bits per heavy atom. The standard InChI is InChI=1S/C11H9N3O3/c15-10(16)5-4-8-2-1-3-9(6-8)14-7-12-13-11(14)17/h1-7H,(H,13,17)(H,15,16)/b5-4+. The molecule has 2 aromatic rings. The van der Waals surface area contributed by atoms with Crippen molar-refractivity contribution in [2.75, 3.05) is 0 Å². The first-order valence-corrected chi connectivity index (χ1v) is 4.80. The number of carboxylic acid groups (broad SMARTS) is 1. The first-order valence-electron chi connectivity index (χ1n) is 4.80. The SMILES string of the molecule is O=C(O)/C=C/c1cccc(-n2cn[nH]c2=O)c1. The number of nitrogens with zero attached hydrogens (tertiary/aromatic N) is 2. The zero-order chi connectivity index (χ0) is 12.3. The third-order valence-electron chi connectivity index (χ3n) is 2.12. The van der Waals surface area contributed by atoms with Gasteiger partial charge in [-0.05, 0) is 23.8 Å². The molecule has 0 atom stereocenters. The van der Waals surface area contributed by atoms with Gasteiger partial charge < -0.3 is 5.11 Å². The number of aromatic nitrogens is 3. The lowest BCUT2D eigenvalue weighted by molar-refractivity contribution is -0.131. The number of benzene rings is 1. The first-order chi connectivity index (χ1) is 8.16. The van der Waals surface area contributed by atoms with Crippen LogP contribution in [0.3, 0.4) is 0 Å². The van der Waals surface area contributed by atoms with Crippen LogP contribution in [-0.2, 0) is 4.79 Å². The van der Waals surface area contributed by atoms with Gasteiger partial charge in [0.2, 0.25) is 0 Å². The minimum absolute atomic E-state index is 0.343. The van der Waals surface area contributed by atoms with Gasteiger partial charge in [-0.25, -0.2) is 19.3 Å². The molecule has 0 fully saturated rings. The normalized spacial score (nSPS) is 10.8. The number of hydrogen-bond acceptors (Lipinski definition) is 3. The van der Waals surface area contributed by atoms with Crippen molar-refractivity contribution in [1.29, 1.82) is 0 Å². The average molecular weight is 231 g/mol. The predicted molar refractivity (Wildman–Crippen MR) is 60.9 cm³/mol. The second-order valence-corrected chi connectivity index (χ2v) is 3.30. The predicted octanol–water partition coefficient (Wildman–Crippen LogP) is 0.658. The molecule has 86 valence electrons. The lowest BCUT2D eigenvalue weighted by Crippen LogP contribution is -2.13. The molecule has 0 amide bonds. The Morgan fingerprint density at radius 1 is 1.47 bits per heavy atom. The van der Waals surface area contributed by atoms with Crippen LogP contribution in [0.1, 0.15) is 5.56 Å². The largest absolute Gasteiger partial charge is 0.478 e. The summed E-state index contributed by atoms with van der Waals surface area (Å²) in [4.78, 5) is 21.7. The van der Waals surface area contributed by atoms with Crippen LogP contribution in [0.15, 0.2) is 41.5 Å². The summed E-state index contributed by atoms with van der Waals surface area (Å²) in [6.07, 6.45) is 3.86. The maximum atomic E-state index is 11.3. The van der Waals surface area contributed by atoms with Crippen molar-refractivity contribution in [3.63, 3.8) is 0 Å². The number of rotatable bonds is 3. The van der Waals surface area contributed by atoms with Gasteiger partial charge in [0.05, 0.1) is 5.69 Å². The van der Waals surface area contributed by atoms with Crippen LogP contribution < -0.4 is 5.69 Å². The molecular formula is C11H9N3O3. The molecule has 0 unspecified atom stereocenters. The third kappa shape index (κ3) is 2.49. The van der Waals surface area contributed by atoms with Gasteiger partial charge in [0.1, 0.15) is 6.33 Å². The number of H-pyrrole nitrogens is 1. The molecule has 0 bridgehead atoms. The quantitative estimate of drug-likeness (QED) is 0.759. The number of aliphatic carboxylic acids is 1. The van der Waals surface area contributed by atoms with E-state index in [0.29, 0.717) is 11.3 Å². The van der Waals surface area contributed by atoms with E-state index in [-0.39, 0.29) is 5.69 Å². The monoisotopic (exact) mass is 231 g/mol. The van der Waals surface area contributed by atoms with Gasteiger partial charge in [-0.15, -0.1) is 0 Å². The Hall–Kier alpha value is -2.63. The Bertz CT molecular complexity index is 625. The summed E-state index contributed by atoms with van der Waals surface area (Å²) < 4.78 is 1.33. The van der Waals surface area contributed by atoms with Crippen molar-refractivity contribution in [1.82, 2.24) is 14.8 Å². The number of hydrogen-bond donors (Lipinski definition) is 2. The maximum Gasteiger partial charge on any atom is 0.347 e. The zero-order valence-corrected chi connectivity index (χ0v) is 8.70. The van der Waals surface area contributed by atoms with E-state index in [9.17, 15) is 9.59 Å². The van der Waals surface area contributed by atoms with E-state index >= 15 is 0 Å². The molecule has 6 nitrogen and oxygen atoms in total. The van der Waals surface area contributed by atoms with Crippen molar-refractivity contribution in [2.24, 2.45) is 0 Å². The highest BCUT2D eigenvalue weighted by Gasteiger charge is 2.00. The summed E-state index contributed by atoms with van der Waals surface area (Å²) >= 11 is 0. The van der Waals surface area contributed by atoms with Crippen LogP contribution >= 0.6 is 0 Å². The van der Waals surface area contributed by atoms with Crippen molar-refractivity contribution >= 4 is 12.0 Å². The third-order valence-corrected chi connectivity index (χ3v) is 2.12. The van der Waals surface area contributed by atoms with E-state index < -0.39 is 5.97 Å². The molecule has 1 heterocycles. The second-order valence-electron chi connectivity index (χ2n) is 3.30. The van der Waals surface area contributed by atoms with Crippen LogP contribution in [-0.4, -0.2) is 25.8 Å². The Morgan fingerprint density at radius 3 is 2.94 bits per heavy atom. The topological polar surface area (TPSA) is 88.0 Å². The lowest BCUT2D eigenvalue weighted by Gasteiger charge is -2.00. The average Bonchev–Trinajstić information content (AvgIpc) is 2.73. The van der Waals surface area contributed by atoms with Crippen molar-refractivity contribution in [3.05, 3.63) is 52.7 Å². The van der Waals surface area contributed by atoms with E-state index in [1.807, 2.05) is 0 Å². The molecule has 1 aromatic carbocycles. The van der Waals surface area contributed by atoms with Crippen LogP contribution in [0, 0.1) is 0 Å². The van der Waals surface area contributed by atoms with E-state index in [2.05, 4.69) is 10.2 Å². The molecule has 0 spiro atoms. The summed E-state index contributed by atoms with van der Waals surface area (Å²) in [6.45, 7) is 0. The van der Waals surface area contributed by atoms with Gasteiger partial charge >= 0.3 is 11.7 Å². The smallest absolute Gasteiger partial charge is 0.347 e. The summed E-state index contributed by atoms with van der Waals surface area (Å²) in [6, 6.07) is 6.90. The molecule has 17 heavy (non-hydrogen) atoms. The summed E-state index contributed by atoms with van der Waals surface area (Å²) in [5.41, 5.74) is 0.971. The van der Waals surface area contributed by atoms with Crippen molar-refractivity contribution in [3.8, 4) is 5.69 Å². The van der Waals surface area contributed by atoms with Gasteiger partial charge in [-0.2, -0.15) is 5.10 Å². The van der Waals surface area contributed by atoms with Gasteiger partial charge in [0.15, 0.2) is 0 Å². The molecule has 0 saturated carbocycles. The molecule has 1 aromatic heterocycles. The summed E-state index contributed by atoms with van der Waals surface area (Å²) in [7, 11) is 0. The maximum absolute atomic E-state index is 11.3. The molecule has 2 N–H and O–H groups in total. The van der Waals surface area contributed by atoms with E-state index in [0.717, 1.165) is 6.08 Å².